The molecule has 0 saturated heterocycles. The topological polar surface area (TPSA) is 63.6 Å². The molecule has 2 aromatic carbocycles. The minimum absolute atomic E-state index is 0.0665. The first-order valence-electron chi connectivity index (χ1n) is 6.40. The molecule has 0 saturated carbocycles. The van der Waals surface area contributed by atoms with Gasteiger partial charge in [-0.1, -0.05) is 42.5 Å². The van der Waals surface area contributed by atoms with Gasteiger partial charge in [0.15, 0.2) is 0 Å². The fourth-order valence-corrected chi connectivity index (χ4v) is 2.36. The number of fused-ring (bicyclic) bond motifs is 1. The van der Waals surface area contributed by atoms with Gasteiger partial charge in [-0.05, 0) is 22.8 Å². The van der Waals surface area contributed by atoms with Crippen LogP contribution in [0.15, 0.2) is 42.5 Å². The molecule has 1 atom stereocenters. The molecule has 0 aliphatic carbocycles. The molecule has 0 amide bonds. The molecular weight excluding hydrogens is 256 g/mol. The van der Waals surface area contributed by atoms with Crippen molar-refractivity contribution in [3.05, 3.63) is 48.0 Å². The molecular formula is C16H16O4. The smallest absolute Gasteiger partial charge is 0.313 e. The number of carbonyl (C=O) groups is 2. The van der Waals surface area contributed by atoms with Crippen LogP contribution in [0.25, 0.3) is 10.8 Å². The van der Waals surface area contributed by atoms with E-state index in [-0.39, 0.29) is 12.8 Å². The van der Waals surface area contributed by atoms with Gasteiger partial charge < -0.3 is 9.84 Å². The summed E-state index contributed by atoms with van der Waals surface area (Å²) in [5.74, 6) is -1.87. The first-order chi connectivity index (χ1) is 9.63. The van der Waals surface area contributed by atoms with Gasteiger partial charge in [-0.25, -0.2) is 0 Å². The molecule has 20 heavy (non-hydrogen) atoms. The normalized spacial score (nSPS) is 12.1. The van der Waals surface area contributed by atoms with Crippen LogP contribution in [0, 0.1) is 0 Å². The van der Waals surface area contributed by atoms with E-state index in [1.54, 1.807) is 0 Å². The number of carbonyl (C=O) groups excluding carboxylic acids is 1. The van der Waals surface area contributed by atoms with Crippen LogP contribution >= 0.6 is 0 Å². The summed E-state index contributed by atoms with van der Waals surface area (Å²) in [4.78, 5) is 22.7. The van der Waals surface area contributed by atoms with E-state index < -0.39 is 17.9 Å². The van der Waals surface area contributed by atoms with E-state index in [1.807, 2.05) is 42.5 Å². The summed E-state index contributed by atoms with van der Waals surface area (Å²) in [5.41, 5.74) is 0.816. The van der Waals surface area contributed by atoms with Gasteiger partial charge in [0.05, 0.1) is 13.0 Å². The van der Waals surface area contributed by atoms with Crippen molar-refractivity contribution < 1.29 is 19.4 Å². The van der Waals surface area contributed by atoms with E-state index >= 15 is 0 Å². The van der Waals surface area contributed by atoms with Crippen LogP contribution in [0.3, 0.4) is 0 Å². The fourth-order valence-electron chi connectivity index (χ4n) is 2.36. The number of aliphatic carboxylic acids is 1. The lowest BCUT2D eigenvalue weighted by Gasteiger charge is -2.16. The Morgan fingerprint density at radius 2 is 1.85 bits per heavy atom. The zero-order valence-corrected chi connectivity index (χ0v) is 11.2. The first kappa shape index (κ1) is 14.1. The molecule has 0 aromatic heterocycles. The van der Waals surface area contributed by atoms with E-state index in [4.69, 9.17) is 9.84 Å². The summed E-state index contributed by atoms with van der Waals surface area (Å²) in [6.45, 7) is 0. The minimum Gasteiger partial charge on any atom is -0.481 e. The number of benzene rings is 2. The van der Waals surface area contributed by atoms with Gasteiger partial charge in [0.1, 0.15) is 0 Å². The highest BCUT2D eigenvalue weighted by molar-refractivity contribution is 5.91. The number of methoxy groups -OCH3 is 1. The number of carboxylic acid groups (broad SMARTS) is 1. The summed E-state index contributed by atoms with van der Waals surface area (Å²) in [5, 5.41) is 10.8. The van der Waals surface area contributed by atoms with Crippen molar-refractivity contribution >= 4 is 22.7 Å². The minimum atomic E-state index is -0.917. The Kier molecular flexibility index (Phi) is 4.35. The highest BCUT2D eigenvalue weighted by Gasteiger charge is 2.23. The molecule has 0 radical (unpaired) electrons. The number of hydrogen-bond donors (Lipinski definition) is 1. The third-order valence-corrected chi connectivity index (χ3v) is 3.33. The molecule has 1 unspecified atom stereocenters. The predicted molar refractivity (Wildman–Crippen MR) is 75.6 cm³/mol. The maximum Gasteiger partial charge on any atom is 0.313 e. The summed E-state index contributed by atoms with van der Waals surface area (Å²) in [6.07, 6.45) is 0.166. The second-order valence-corrected chi connectivity index (χ2v) is 4.58. The second kappa shape index (κ2) is 6.19. The molecule has 0 spiro atoms. The molecule has 0 bridgehead atoms. The third kappa shape index (κ3) is 2.96. The molecule has 4 heteroatoms. The lowest BCUT2D eigenvalue weighted by Crippen LogP contribution is -2.16. The third-order valence-electron chi connectivity index (χ3n) is 3.33. The molecule has 0 aliphatic heterocycles. The van der Waals surface area contributed by atoms with Gasteiger partial charge in [-0.3, -0.25) is 9.59 Å². The van der Waals surface area contributed by atoms with Crippen LogP contribution in [0.2, 0.25) is 0 Å². The number of rotatable bonds is 5. The van der Waals surface area contributed by atoms with Gasteiger partial charge in [0, 0.05) is 6.42 Å². The number of esters is 1. The number of carboxylic acids is 1. The predicted octanol–water partition coefficient (Wildman–Crippen LogP) is 2.96. The highest BCUT2D eigenvalue weighted by atomic mass is 16.5. The van der Waals surface area contributed by atoms with Crippen molar-refractivity contribution in [2.75, 3.05) is 7.11 Å². The summed E-state index contributed by atoms with van der Waals surface area (Å²) in [7, 11) is 1.32. The lowest BCUT2D eigenvalue weighted by molar-refractivity contribution is -0.143. The second-order valence-electron chi connectivity index (χ2n) is 4.58. The molecule has 4 nitrogen and oxygen atoms in total. The van der Waals surface area contributed by atoms with Crippen LogP contribution in [-0.2, 0) is 14.3 Å². The maximum absolute atomic E-state index is 12.0. The average Bonchev–Trinajstić information content (AvgIpc) is 2.47. The quantitative estimate of drug-likeness (QED) is 0.850. The van der Waals surface area contributed by atoms with Crippen molar-refractivity contribution in [1.82, 2.24) is 0 Å². The standard InChI is InChI=1S/C16H16O4/c1-20-16(19)14(9-10-15(17)18)13-8-4-6-11-5-2-3-7-12(11)13/h2-8,14H,9-10H2,1H3,(H,17,18). The van der Waals surface area contributed by atoms with Crippen LogP contribution in [0.4, 0.5) is 0 Å². The Hall–Kier alpha value is -2.36. The Balaban J connectivity index is 2.45. The van der Waals surface area contributed by atoms with Crippen molar-refractivity contribution in [1.29, 1.82) is 0 Å². The monoisotopic (exact) mass is 272 g/mol. The average molecular weight is 272 g/mol. The molecule has 0 heterocycles. The van der Waals surface area contributed by atoms with Crippen molar-refractivity contribution in [3.8, 4) is 0 Å². The maximum atomic E-state index is 12.0. The van der Waals surface area contributed by atoms with E-state index in [0.29, 0.717) is 0 Å². The molecule has 0 aliphatic rings. The summed E-state index contributed by atoms with van der Waals surface area (Å²) in [6, 6.07) is 13.4. The Bertz CT molecular complexity index is 628. The van der Waals surface area contributed by atoms with Gasteiger partial charge in [0.2, 0.25) is 0 Å². The van der Waals surface area contributed by atoms with E-state index in [1.165, 1.54) is 7.11 Å². The Morgan fingerprint density at radius 1 is 1.15 bits per heavy atom. The van der Waals surface area contributed by atoms with Gasteiger partial charge in [-0.15, -0.1) is 0 Å². The van der Waals surface area contributed by atoms with Crippen LogP contribution in [0.5, 0.6) is 0 Å². The van der Waals surface area contributed by atoms with E-state index in [2.05, 4.69) is 0 Å². The van der Waals surface area contributed by atoms with Gasteiger partial charge in [0.25, 0.3) is 0 Å². The molecule has 2 aromatic rings. The van der Waals surface area contributed by atoms with Gasteiger partial charge >= 0.3 is 11.9 Å². The van der Waals surface area contributed by atoms with Crippen LogP contribution in [-0.4, -0.2) is 24.2 Å². The first-order valence-corrected chi connectivity index (χ1v) is 6.40. The fraction of sp³-hybridized carbons (Fsp3) is 0.250. The number of hydrogen-bond acceptors (Lipinski definition) is 3. The zero-order chi connectivity index (χ0) is 14.5. The van der Waals surface area contributed by atoms with E-state index in [9.17, 15) is 9.59 Å². The van der Waals surface area contributed by atoms with Crippen molar-refractivity contribution in [2.24, 2.45) is 0 Å². The van der Waals surface area contributed by atoms with Crippen molar-refractivity contribution in [2.45, 2.75) is 18.8 Å². The molecule has 0 fully saturated rings. The largest absolute Gasteiger partial charge is 0.481 e. The zero-order valence-electron chi connectivity index (χ0n) is 11.2. The molecule has 2 rings (SSSR count). The lowest BCUT2D eigenvalue weighted by atomic mass is 9.90. The number of ether oxygens (including phenoxy) is 1. The summed E-state index contributed by atoms with van der Waals surface area (Å²) < 4.78 is 4.82. The highest BCUT2D eigenvalue weighted by Crippen LogP contribution is 2.29. The molecule has 1 N–H and O–H groups in total. The Labute approximate surface area is 117 Å². The SMILES string of the molecule is COC(=O)C(CCC(=O)O)c1cccc2ccccc12. The van der Waals surface area contributed by atoms with E-state index in [0.717, 1.165) is 16.3 Å². The summed E-state index contributed by atoms with van der Waals surface area (Å²) >= 11 is 0. The Morgan fingerprint density at radius 3 is 2.55 bits per heavy atom. The van der Waals surface area contributed by atoms with Gasteiger partial charge in [-0.2, -0.15) is 0 Å². The molecule has 104 valence electrons. The van der Waals surface area contributed by atoms with Crippen LogP contribution in [0.1, 0.15) is 24.3 Å². The van der Waals surface area contributed by atoms with Crippen molar-refractivity contribution in [3.63, 3.8) is 0 Å². The van der Waals surface area contributed by atoms with Crippen LogP contribution < -0.4 is 0 Å².